The van der Waals surface area contributed by atoms with Gasteiger partial charge in [0.1, 0.15) is 5.75 Å². The summed E-state index contributed by atoms with van der Waals surface area (Å²) in [5.41, 5.74) is 4.15. The molecule has 4 nitrogen and oxygen atoms in total. The summed E-state index contributed by atoms with van der Waals surface area (Å²) in [5, 5.41) is 16.2. The van der Waals surface area contributed by atoms with E-state index in [2.05, 4.69) is 26.5 Å². The van der Waals surface area contributed by atoms with Crippen molar-refractivity contribution in [1.29, 1.82) is 0 Å². The Morgan fingerprint density at radius 3 is 2.50 bits per heavy atom. The molecule has 3 rings (SSSR count). The van der Waals surface area contributed by atoms with Crippen molar-refractivity contribution in [2.45, 2.75) is 6.92 Å². The summed E-state index contributed by atoms with van der Waals surface area (Å²) in [6.07, 6.45) is 0. The molecule has 2 N–H and O–H groups in total. The first-order chi connectivity index (χ1) is 11.6. The largest absolute Gasteiger partial charge is 0.507 e. The van der Waals surface area contributed by atoms with E-state index in [1.165, 1.54) is 0 Å². The third-order valence-corrected chi connectivity index (χ3v) is 4.25. The summed E-state index contributed by atoms with van der Waals surface area (Å²) in [6.45, 7) is 1.74. The SMILES string of the molecule is C/C(=N/NC(=O)c1ccc(Br)cc1)c1ccc2ccccc2c1O. The van der Waals surface area contributed by atoms with Crippen LogP contribution in [0.25, 0.3) is 10.8 Å². The standard InChI is InChI=1S/C19H15BrN2O2/c1-12(21-22-19(24)14-6-9-15(20)10-7-14)16-11-8-13-4-2-3-5-17(13)18(16)23/h2-11,23H,1H3,(H,22,24)/b21-12-. The van der Waals surface area contributed by atoms with Crippen LogP contribution in [0.4, 0.5) is 0 Å². The predicted octanol–water partition coefficient (Wildman–Crippen LogP) is 4.46. The fourth-order valence-corrected chi connectivity index (χ4v) is 2.67. The summed E-state index contributed by atoms with van der Waals surface area (Å²) in [5.74, 6) is -0.144. The monoisotopic (exact) mass is 382 g/mol. The number of phenols is 1. The predicted molar refractivity (Wildman–Crippen MR) is 99.4 cm³/mol. The lowest BCUT2D eigenvalue weighted by atomic mass is 10.0. The summed E-state index contributed by atoms with van der Waals surface area (Å²) >= 11 is 3.33. The Balaban J connectivity index is 1.84. The van der Waals surface area contributed by atoms with Crippen molar-refractivity contribution in [1.82, 2.24) is 5.43 Å². The highest BCUT2D eigenvalue weighted by molar-refractivity contribution is 9.10. The fraction of sp³-hybridized carbons (Fsp3) is 0.0526. The smallest absolute Gasteiger partial charge is 0.271 e. The van der Waals surface area contributed by atoms with Gasteiger partial charge in [-0.2, -0.15) is 5.10 Å². The number of rotatable bonds is 3. The molecule has 3 aromatic rings. The lowest BCUT2D eigenvalue weighted by Gasteiger charge is -2.08. The molecule has 24 heavy (non-hydrogen) atoms. The molecule has 1 amide bonds. The number of carbonyl (C=O) groups is 1. The molecule has 0 heterocycles. The van der Waals surface area contributed by atoms with Gasteiger partial charge in [0.05, 0.1) is 5.71 Å². The number of hydrazone groups is 1. The van der Waals surface area contributed by atoms with Crippen molar-refractivity contribution in [3.8, 4) is 5.75 Å². The van der Waals surface area contributed by atoms with E-state index in [0.717, 1.165) is 15.2 Å². The molecule has 0 fully saturated rings. The van der Waals surface area contributed by atoms with Crippen LogP contribution < -0.4 is 5.43 Å². The van der Waals surface area contributed by atoms with Gasteiger partial charge in [0, 0.05) is 21.0 Å². The molecule has 0 atom stereocenters. The maximum Gasteiger partial charge on any atom is 0.271 e. The van der Waals surface area contributed by atoms with Gasteiger partial charge in [0.2, 0.25) is 0 Å². The maximum absolute atomic E-state index is 12.1. The minimum absolute atomic E-state index is 0.159. The van der Waals surface area contributed by atoms with Crippen LogP contribution in [0.15, 0.2) is 70.2 Å². The Morgan fingerprint density at radius 1 is 1.04 bits per heavy atom. The minimum atomic E-state index is -0.304. The Morgan fingerprint density at radius 2 is 1.75 bits per heavy atom. The second-order valence-electron chi connectivity index (χ2n) is 5.33. The van der Waals surface area contributed by atoms with Crippen molar-refractivity contribution in [2.75, 3.05) is 0 Å². The van der Waals surface area contributed by atoms with Gasteiger partial charge in [-0.3, -0.25) is 4.79 Å². The van der Waals surface area contributed by atoms with Crippen molar-refractivity contribution >= 4 is 38.3 Å². The fourth-order valence-electron chi connectivity index (χ4n) is 2.41. The number of aromatic hydroxyl groups is 1. The van der Waals surface area contributed by atoms with E-state index < -0.39 is 0 Å². The quantitative estimate of drug-likeness (QED) is 0.518. The first kappa shape index (κ1) is 16.2. The molecule has 120 valence electrons. The normalized spacial score (nSPS) is 11.5. The Labute approximate surface area is 148 Å². The van der Waals surface area contributed by atoms with Crippen molar-refractivity contribution in [3.05, 3.63) is 76.3 Å². The van der Waals surface area contributed by atoms with Gasteiger partial charge in [-0.1, -0.05) is 46.3 Å². The number of amides is 1. The van der Waals surface area contributed by atoms with Crippen LogP contribution >= 0.6 is 15.9 Å². The number of benzene rings is 3. The van der Waals surface area contributed by atoms with Crippen molar-refractivity contribution < 1.29 is 9.90 Å². The Hall–Kier alpha value is -2.66. The van der Waals surface area contributed by atoms with Gasteiger partial charge in [0.15, 0.2) is 0 Å². The second kappa shape index (κ2) is 6.84. The summed E-state index contributed by atoms with van der Waals surface area (Å²) < 4.78 is 0.903. The van der Waals surface area contributed by atoms with Gasteiger partial charge in [-0.25, -0.2) is 5.43 Å². The molecule has 0 aliphatic heterocycles. The third-order valence-electron chi connectivity index (χ3n) is 3.72. The van der Waals surface area contributed by atoms with Crippen LogP contribution in [0.1, 0.15) is 22.8 Å². The topological polar surface area (TPSA) is 61.7 Å². The molecule has 5 heteroatoms. The van der Waals surface area contributed by atoms with Crippen LogP contribution in [-0.4, -0.2) is 16.7 Å². The summed E-state index contributed by atoms with van der Waals surface area (Å²) in [4.78, 5) is 12.1. The van der Waals surface area contributed by atoms with Crippen molar-refractivity contribution in [3.63, 3.8) is 0 Å². The molecule has 0 bridgehead atoms. The number of fused-ring (bicyclic) bond motifs is 1. The molecule has 0 aromatic heterocycles. The molecule has 0 radical (unpaired) electrons. The molecular weight excluding hydrogens is 368 g/mol. The molecule has 0 saturated heterocycles. The Bertz CT molecular complexity index is 934. The number of nitrogens with zero attached hydrogens (tertiary/aromatic N) is 1. The highest BCUT2D eigenvalue weighted by Crippen LogP contribution is 2.28. The summed E-state index contributed by atoms with van der Waals surface area (Å²) in [7, 11) is 0. The van der Waals surface area contributed by atoms with Crippen LogP contribution in [0.5, 0.6) is 5.75 Å². The van der Waals surface area contributed by atoms with Gasteiger partial charge in [-0.05, 0) is 42.6 Å². The van der Waals surface area contributed by atoms with Crippen LogP contribution in [0, 0.1) is 0 Å². The first-order valence-electron chi connectivity index (χ1n) is 7.37. The average molecular weight is 383 g/mol. The van der Waals surface area contributed by atoms with E-state index in [1.807, 2.05) is 30.3 Å². The third kappa shape index (κ3) is 3.31. The highest BCUT2D eigenvalue weighted by Gasteiger charge is 2.10. The zero-order valence-electron chi connectivity index (χ0n) is 13.0. The number of halogens is 1. The van der Waals surface area contributed by atoms with Gasteiger partial charge in [0.25, 0.3) is 5.91 Å². The van der Waals surface area contributed by atoms with E-state index >= 15 is 0 Å². The van der Waals surface area contributed by atoms with Crippen molar-refractivity contribution in [2.24, 2.45) is 5.10 Å². The highest BCUT2D eigenvalue weighted by atomic mass is 79.9. The number of carbonyl (C=O) groups excluding carboxylic acids is 1. The number of hydrogen-bond donors (Lipinski definition) is 2. The van der Waals surface area contributed by atoms with Crippen LogP contribution in [0.2, 0.25) is 0 Å². The molecular formula is C19H15BrN2O2. The lowest BCUT2D eigenvalue weighted by molar-refractivity contribution is 0.0955. The maximum atomic E-state index is 12.1. The van der Waals surface area contributed by atoms with E-state index in [9.17, 15) is 9.90 Å². The van der Waals surface area contributed by atoms with E-state index in [-0.39, 0.29) is 11.7 Å². The van der Waals surface area contributed by atoms with Crippen LogP contribution in [0.3, 0.4) is 0 Å². The molecule has 0 spiro atoms. The average Bonchev–Trinajstić information content (AvgIpc) is 2.60. The number of nitrogens with one attached hydrogen (secondary N) is 1. The zero-order valence-corrected chi connectivity index (χ0v) is 14.5. The number of phenolic OH excluding ortho intramolecular Hbond substituents is 1. The Kier molecular flexibility index (Phi) is 4.62. The molecule has 0 unspecified atom stereocenters. The van der Waals surface area contributed by atoms with Crippen LogP contribution in [-0.2, 0) is 0 Å². The van der Waals surface area contributed by atoms with E-state index in [0.29, 0.717) is 16.8 Å². The lowest BCUT2D eigenvalue weighted by Crippen LogP contribution is -2.19. The second-order valence-corrected chi connectivity index (χ2v) is 6.24. The molecule has 0 aliphatic rings. The molecule has 0 saturated carbocycles. The van der Waals surface area contributed by atoms with Gasteiger partial charge < -0.3 is 5.11 Å². The molecule has 3 aromatic carbocycles. The minimum Gasteiger partial charge on any atom is -0.507 e. The first-order valence-corrected chi connectivity index (χ1v) is 8.17. The van der Waals surface area contributed by atoms with Gasteiger partial charge >= 0.3 is 0 Å². The zero-order chi connectivity index (χ0) is 17.1. The van der Waals surface area contributed by atoms with E-state index in [4.69, 9.17) is 0 Å². The molecule has 0 aliphatic carbocycles. The number of hydrogen-bond acceptors (Lipinski definition) is 3. The summed E-state index contributed by atoms with van der Waals surface area (Å²) in [6, 6.07) is 18.3. The van der Waals surface area contributed by atoms with E-state index in [1.54, 1.807) is 37.3 Å². The van der Waals surface area contributed by atoms with Gasteiger partial charge in [-0.15, -0.1) is 0 Å².